The fourth-order valence-corrected chi connectivity index (χ4v) is 1.65. The molecular weight excluding hydrogens is 183 g/mol. The van der Waals surface area contributed by atoms with Crippen LogP contribution in [0.3, 0.4) is 0 Å². The van der Waals surface area contributed by atoms with Crippen molar-refractivity contribution in [1.82, 2.24) is 0 Å². The van der Waals surface area contributed by atoms with Gasteiger partial charge >= 0.3 is 5.97 Å². The smallest absolute Gasteiger partial charge is 0.306 e. The summed E-state index contributed by atoms with van der Waals surface area (Å²) in [6, 6.07) is 0. The number of rotatable bonds is 2. The Balaban J connectivity index is 2.57. The van der Waals surface area contributed by atoms with E-state index in [0.717, 1.165) is 0 Å². The largest absolute Gasteiger partial charge is 0.463 e. The van der Waals surface area contributed by atoms with Crippen LogP contribution in [0.25, 0.3) is 0 Å². The zero-order valence-corrected chi connectivity index (χ0v) is 8.18. The molecule has 0 saturated carbocycles. The third-order valence-corrected chi connectivity index (χ3v) is 2.41. The lowest BCUT2D eigenvalue weighted by Gasteiger charge is -2.26. The zero-order chi connectivity index (χ0) is 10.6. The second-order valence-electron chi connectivity index (χ2n) is 3.63. The number of carbonyl (C=O) groups is 2. The van der Waals surface area contributed by atoms with Gasteiger partial charge in [0, 0.05) is 12.8 Å². The lowest BCUT2D eigenvalue weighted by atomic mass is 9.61. The second kappa shape index (κ2) is 5.15. The summed E-state index contributed by atoms with van der Waals surface area (Å²) in [5, 5.41) is 9.68. The van der Waals surface area contributed by atoms with Crippen molar-refractivity contribution in [2.45, 2.75) is 44.2 Å². The molecule has 1 N–H and O–H groups in total. The van der Waals surface area contributed by atoms with Gasteiger partial charge in [0.05, 0.1) is 12.3 Å². The lowest BCUT2D eigenvalue weighted by Crippen LogP contribution is -2.31. The summed E-state index contributed by atoms with van der Waals surface area (Å²) < 4.78 is 4.99. The molecule has 1 heterocycles. The molecule has 0 aromatic carbocycles. The third kappa shape index (κ3) is 3.14. The van der Waals surface area contributed by atoms with Crippen molar-refractivity contribution >= 4 is 19.4 Å². The van der Waals surface area contributed by atoms with Gasteiger partial charge in [-0.25, -0.2) is 0 Å². The molecule has 0 aromatic heterocycles. The van der Waals surface area contributed by atoms with E-state index in [2.05, 4.69) is 0 Å². The lowest BCUT2D eigenvalue weighted by molar-refractivity contribution is -0.151. The Hall–Kier alpha value is -0.835. The highest BCUT2D eigenvalue weighted by Crippen LogP contribution is 2.24. The standard InChI is InChI=1S/C9H14BO4/c1-6-4-8(12)7(10-5-11)2-3-9(13)14-6/h5-8,12H,2-4H2,1H3/t6-,7-,8?/m1/s1. The first kappa shape index (κ1) is 11.2. The molecule has 1 rings (SSSR count). The van der Waals surface area contributed by atoms with E-state index in [1.54, 1.807) is 6.92 Å². The number of aliphatic hydroxyl groups is 1. The van der Waals surface area contributed by atoms with Crippen LogP contribution in [0, 0.1) is 0 Å². The SMILES string of the molecule is C[C@@H]1CC(O)[C@H]([B]C=O)CCC(=O)O1. The summed E-state index contributed by atoms with van der Waals surface area (Å²) in [5.41, 5.74) is 0. The van der Waals surface area contributed by atoms with Crippen LogP contribution in [0.4, 0.5) is 0 Å². The minimum atomic E-state index is -0.594. The van der Waals surface area contributed by atoms with Crippen LogP contribution >= 0.6 is 0 Å². The highest BCUT2D eigenvalue weighted by atomic mass is 16.5. The quantitative estimate of drug-likeness (QED) is 0.388. The van der Waals surface area contributed by atoms with Gasteiger partial charge < -0.3 is 14.6 Å². The first-order valence-corrected chi connectivity index (χ1v) is 4.79. The summed E-state index contributed by atoms with van der Waals surface area (Å²) in [4.78, 5) is 21.4. The van der Waals surface area contributed by atoms with Crippen LogP contribution in [0.1, 0.15) is 26.2 Å². The molecule has 5 heteroatoms. The maximum atomic E-state index is 11.1. The Morgan fingerprint density at radius 3 is 3.00 bits per heavy atom. The number of cyclic esters (lactones) is 1. The second-order valence-corrected chi connectivity index (χ2v) is 3.63. The van der Waals surface area contributed by atoms with Crippen LogP contribution < -0.4 is 0 Å². The summed E-state index contributed by atoms with van der Waals surface area (Å²) in [5.74, 6) is -0.475. The van der Waals surface area contributed by atoms with Crippen molar-refractivity contribution < 1.29 is 19.4 Å². The van der Waals surface area contributed by atoms with Crippen LogP contribution in [-0.2, 0) is 14.3 Å². The molecule has 1 saturated heterocycles. The van der Waals surface area contributed by atoms with E-state index in [9.17, 15) is 14.7 Å². The number of ether oxygens (including phenoxy) is 1. The van der Waals surface area contributed by atoms with Gasteiger partial charge in [0.1, 0.15) is 6.10 Å². The third-order valence-electron chi connectivity index (χ3n) is 2.41. The topological polar surface area (TPSA) is 63.6 Å². The fourth-order valence-electron chi connectivity index (χ4n) is 1.65. The molecule has 1 fully saturated rings. The first-order chi connectivity index (χ1) is 6.63. The summed E-state index contributed by atoms with van der Waals surface area (Å²) in [6.45, 7) is 1.74. The molecule has 1 unspecified atom stereocenters. The van der Waals surface area contributed by atoms with Gasteiger partial charge in [0.15, 0.2) is 0 Å². The highest BCUT2D eigenvalue weighted by molar-refractivity contribution is 6.68. The molecule has 1 radical (unpaired) electrons. The molecule has 0 bridgehead atoms. The van der Waals surface area contributed by atoms with E-state index < -0.39 is 6.10 Å². The van der Waals surface area contributed by atoms with Crippen molar-refractivity contribution in [3.8, 4) is 0 Å². The van der Waals surface area contributed by atoms with Gasteiger partial charge in [-0.3, -0.25) is 4.79 Å². The maximum absolute atomic E-state index is 11.1. The molecule has 14 heavy (non-hydrogen) atoms. The molecule has 3 atom stereocenters. The Kier molecular flexibility index (Phi) is 4.13. The summed E-state index contributed by atoms with van der Waals surface area (Å²) >= 11 is 0. The van der Waals surface area contributed by atoms with E-state index in [0.29, 0.717) is 19.0 Å². The molecule has 77 valence electrons. The minimum absolute atomic E-state index is 0.220. The Bertz CT molecular complexity index is 219. The van der Waals surface area contributed by atoms with E-state index in [4.69, 9.17) is 4.74 Å². The fraction of sp³-hybridized carbons (Fsp3) is 0.778. The monoisotopic (exact) mass is 197 g/mol. The zero-order valence-electron chi connectivity index (χ0n) is 8.18. The number of carbonyl (C=O) groups excluding carboxylic acids is 2. The molecule has 4 nitrogen and oxygen atoms in total. The van der Waals surface area contributed by atoms with Crippen molar-refractivity contribution in [3.63, 3.8) is 0 Å². The molecule has 0 aromatic rings. The Labute approximate surface area is 83.9 Å². The van der Waals surface area contributed by atoms with Crippen molar-refractivity contribution in [1.29, 1.82) is 0 Å². The Morgan fingerprint density at radius 1 is 1.64 bits per heavy atom. The average molecular weight is 197 g/mol. The number of esters is 1. The number of hydrogen-bond donors (Lipinski definition) is 1. The van der Waals surface area contributed by atoms with Gasteiger partial charge in [-0.1, -0.05) is 0 Å². The molecule has 0 spiro atoms. The maximum Gasteiger partial charge on any atom is 0.306 e. The van der Waals surface area contributed by atoms with Crippen molar-refractivity contribution in [2.24, 2.45) is 0 Å². The van der Waals surface area contributed by atoms with Crippen molar-refractivity contribution in [2.75, 3.05) is 0 Å². The molecular formula is C9H14BO4. The van der Waals surface area contributed by atoms with Gasteiger partial charge in [-0.15, -0.1) is 0 Å². The number of aliphatic hydroxyl groups excluding tert-OH is 1. The van der Waals surface area contributed by atoms with Crippen LogP contribution in [0.2, 0.25) is 5.82 Å². The minimum Gasteiger partial charge on any atom is -0.463 e. The van der Waals surface area contributed by atoms with Gasteiger partial charge in [-0.2, -0.15) is 0 Å². The van der Waals surface area contributed by atoms with E-state index in [1.165, 1.54) is 7.28 Å². The molecule has 1 aliphatic rings. The van der Waals surface area contributed by atoms with E-state index in [1.807, 2.05) is 0 Å². The van der Waals surface area contributed by atoms with Crippen LogP contribution in [0.15, 0.2) is 0 Å². The van der Waals surface area contributed by atoms with Crippen molar-refractivity contribution in [3.05, 3.63) is 0 Å². The normalized spacial score (nSPS) is 33.9. The molecule has 0 aliphatic carbocycles. The predicted molar refractivity (Wildman–Crippen MR) is 51.7 cm³/mol. The summed E-state index contributed by atoms with van der Waals surface area (Å²) in [6.07, 6.45) is 0.928. The van der Waals surface area contributed by atoms with Gasteiger partial charge in [0.25, 0.3) is 0 Å². The average Bonchev–Trinajstić information content (AvgIpc) is 2.09. The molecule has 1 aliphatic heterocycles. The van der Waals surface area contributed by atoms with E-state index >= 15 is 0 Å². The Morgan fingerprint density at radius 2 is 2.36 bits per heavy atom. The van der Waals surface area contributed by atoms with Crippen LogP contribution in [0.5, 0.6) is 0 Å². The molecule has 0 amide bonds. The number of hydrogen-bond acceptors (Lipinski definition) is 4. The summed E-state index contributed by atoms with van der Waals surface area (Å²) in [7, 11) is 1.41. The highest BCUT2D eigenvalue weighted by Gasteiger charge is 2.27. The predicted octanol–water partition coefficient (Wildman–Crippen LogP) is 0.146. The van der Waals surface area contributed by atoms with Gasteiger partial charge in [-0.05, 0) is 19.2 Å². The van der Waals surface area contributed by atoms with E-state index in [-0.39, 0.29) is 24.3 Å². The van der Waals surface area contributed by atoms with Crippen LogP contribution in [-0.4, -0.2) is 36.7 Å². The first-order valence-electron chi connectivity index (χ1n) is 4.79. The van der Waals surface area contributed by atoms with Gasteiger partial charge in [0.2, 0.25) is 7.28 Å².